The molecule has 1 aliphatic carbocycles. The van der Waals surface area contributed by atoms with E-state index in [9.17, 15) is 4.79 Å². The first-order valence-electron chi connectivity index (χ1n) is 6.78. The summed E-state index contributed by atoms with van der Waals surface area (Å²) >= 11 is 1.69. The molecule has 0 radical (unpaired) electrons. The lowest BCUT2D eigenvalue weighted by Crippen LogP contribution is -2.53. The summed E-state index contributed by atoms with van der Waals surface area (Å²) in [6.07, 6.45) is 6.77. The van der Waals surface area contributed by atoms with Crippen LogP contribution in [0.4, 0.5) is 0 Å². The zero-order valence-electron chi connectivity index (χ0n) is 11.6. The number of hydrogen-bond acceptors (Lipinski definition) is 3. The third kappa shape index (κ3) is 3.12. The Morgan fingerprint density at radius 2 is 1.89 bits per heavy atom. The molecule has 1 fully saturated rings. The van der Waals surface area contributed by atoms with Crippen LogP contribution in [0, 0.1) is 0 Å². The zero-order chi connectivity index (χ0) is 13.9. The molecule has 3 nitrogen and oxygen atoms in total. The standard InChI is InChI=1S/C15H22N2OS/c1-15(14(16)18,17-12-5-3-4-6-12)11-7-9-13(19-2)10-8-11/h7-10,12,17H,3-6H2,1-2H3,(H2,16,18). The molecule has 1 aliphatic rings. The molecular formula is C15H22N2OS. The van der Waals surface area contributed by atoms with Crippen molar-refractivity contribution in [1.29, 1.82) is 0 Å². The van der Waals surface area contributed by atoms with Gasteiger partial charge in [-0.15, -0.1) is 11.8 Å². The lowest BCUT2D eigenvalue weighted by atomic mass is 9.90. The van der Waals surface area contributed by atoms with E-state index in [-0.39, 0.29) is 5.91 Å². The van der Waals surface area contributed by atoms with Crippen LogP contribution in [0.5, 0.6) is 0 Å². The van der Waals surface area contributed by atoms with Gasteiger partial charge in [-0.25, -0.2) is 0 Å². The van der Waals surface area contributed by atoms with Gasteiger partial charge in [0.05, 0.1) is 0 Å². The Bertz CT molecular complexity index is 440. The summed E-state index contributed by atoms with van der Waals surface area (Å²) in [4.78, 5) is 13.1. The average Bonchev–Trinajstić information content (AvgIpc) is 2.91. The highest BCUT2D eigenvalue weighted by Gasteiger charge is 2.35. The number of nitrogens with one attached hydrogen (secondary N) is 1. The first kappa shape index (κ1) is 14.4. The van der Waals surface area contributed by atoms with Crippen molar-refractivity contribution in [3.8, 4) is 0 Å². The molecule has 1 unspecified atom stereocenters. The predicted octanol–water partition coefficient (Wildman–Crippen LogP) is 2.64. The molecule has 0 aliphatic heterocycles. The van der Waals surface area contributed by atoms with Crippen molar-refractivity contribution in [1.82, 2.24) is 5.32 Å². The Hall–Kier alpha value is -1.00. The molecule has 0 bridgehead atoms. The Morgan fingerprint density at radius 3 is 2.37 bits per heavy atom. The van der Waals surface area contributed by atoms with Crippen LogP contribution >= 0.6 is 11.8 Å². The quantitative estimate of drug-likeness (QED) is 0.814. The summed E-state index contributed by atoms with van der Waals surface area (Å²) in [5.74, 6) is -0.309. The van der Waals surface area contributed by atoms with E-state index in [1.54, 1.807) is 11.8 Å². The third-order valence-corrected chi connectivity index (χ3v) is 4.75. The van der Waals surface area contributed by atoms with E-state index < -0.39 is 5.54 Å². The van der Waals surface area contributed by atoms with Crippen LogP contribution in [-0.2, 0) is 10.3 Å². The highest BCUT2D eigenvalue weighted by Crippen LogP contribution is 2.27. The number of rotatable bonds is 5. The largest absolute Gasteiger partial charge is 0.368 e. The summed E-state index contributed by atoms with van der Waals surface area (Å²) in [6.45, 7) is 1.89. The fraction of sp³-hybridized carbons (Fsp3) is 0.533. The Labute approximate surface area is 119 Å². The van der Waals surface area contributed by atoms with Crippen LogP contribution in [0.25, 0.3) is 0 Å². The molecule has 3 N–H and O–H groups in total. The van der Waals surface area contributed by atoms with Crippen LogP contribution in [0.3, 0.4) is 0 Å². The number of hydrogen-bond donors (Lipinski definition) is 2. The van der Waals surface area contributed by atoms with Crippen LogP contribution in [-0.4, -0.2) is 18.2 Å². The minimum atomic E-state index is -0.772. The van der Waals surface area contributed by atoms with Crippen molar-refractivity contribution >= 4 is 17.7 Å². The zero-order valence-corrected chi connectivity index (χ0v) is 12.4. The van der Waals surface area contributed by atoms with Gasteiger partial charge in [0, 0.05) is 10.9 Å². The summed E-state index contributed by atoms with van der Waals surface area (Å²) in [5.41, 5.74) is 5.82. The first-order chi connectivity index (χ1) is 9.06. The van der Waals surface area contributed by atoms with Crippen LogP contribution < -0.4 is 11.1 Å². The van der Waals surface area contributed by atoms with E-state index in [2.05, 4.69) is 5.32 Å². The molecule has 1 aromatic carbocycles. The van der Waals surface area contributed by atoms with Crippen molar-refractivity contribution in [2.75, 3.05) is 6.26 Å². The van der Waals surface area contributed by atoms with E-state index in [4.69, 9.17) is 5.73 Å². The molecule has 104 valence electrons. The maximum atomic E-state index is 11.9. The van der Waals surface area contributed by atoms with E-state index >= 15 is 0 Å². The third-order valence-electron chi connectivity index (χ3n) is 4.01. The van der Waals surface area contributed by atoms with Crippen molar-refractivity contribution < 1.29 is 4.79 Å². The average molecular weight is 278 g/mol. The van der Waals surface area contributed by atoms with Crippen molar-refractivity contribution in [3.63, 3.8) is 0 Å². The summed E-state index contributed by atoms with van der Waals surface area (Å²) in [5, 5.41) is 3.46. The number of carbonyl (C=O) groups excluding carboxylic acids is 1. The second kappa shape index (κ2) is 5.97. The van der Waals surface area contributed by atoms with Gasteiger partial charge in [0.15, 0.2) is 0 Å². The molecule has 0 heterocycles. The Kier molecular flexibility index (Phi) is 4.53. The molecule has 2 rings (SSSR count). The van der Waals surface area contributed by atoms with Gasteiger partial charge in [0.2, 0.25) is 5.91 Å². The lowest BCUT2D eigenvalue weighted by molar-refractivity contribution is -0.124. The van der Waals surface area contributed by atoms with E-state index in [0.717, 1.165) is 18.4 Å². The van der Waals surface area contributed by atoms with Crippen LogP contribution in [0.1, 0.15) is 38.2 Å². The molecule has 0 saturated heterocycles. The van der Waals surface area contributed by atoms with E-state index in [1.807, 2.05) is 37.4 Å². The fourth-order valence-corrected chi connectivity index (χ4v) is 3.11. The maximum Gasteiger partial charge on any atom is 0.242 e. The SMILES string of the molecule is CSc1ccc(C(C)(NC2CCCC2)C(N)=O)cc1. The number of amides is 1. The molecular weight excluding hydrogens is 256 g/mol. The van der Waals surface area contributed by atoms with Gasteiger partial charge in [-0.1, -0.05) is 25.0 Å². The number of thioether (sulfide) groups is 1. The van der Waals surface area contributed by atoms with Crippen molar-refractivity contribution in [2.24, 2.45) is 5.73 Å². The van der Waals surface area contributed by atoms with Gasteiger partial charge in [0.1, 0.15) is 5.54 Å². The van der Waals surface area contributed by atoms with Gasteiger partial charge < -0.3 is 5.73 Å². The molecule has 0 spiro atoms. The lowest BCUT2D eigenvalue weighted by Gasteiger charge is -2.31. The number of carbonyl (C=O) groups is 1. The molecule has 4 heteroatoms. The molecule has 1 atom stereocenters. The van der Waals surface area contributed by atoms with Gasteiger partial charge in [0.25, 0.3) is 0 Å². The number of benzene rings is 1. The summed E-state index contributed by atoms with van der Waals surface area (Å²) in [6, 6.07) is 8.48. The maximum absolute atomic E-state index is 11.9. The van der Waals surface area contributed by atoms with Crippen molar-refractivity contribution in [2.45, 2.75) is 49.1 Å². The minimum Gasteiger partial charge on any atom is -0.368 e. The predicted molar refractivity (Wildman–Crippen MR) is 80.2 cm³/mol. The van der Waals surface area contributed by atoms with E-state index in [0.29, 0.717) is 6.04 Å². The fourth-order valence-electron chi connectivity index (χ4n) is 2.70. The smallest absolute Gasteiger partial charge is 0.242 e. The van der Waals surface area contributed by atoms with E-state index in [1.165, 1.54) is 17.7 Å². The van der Waals surface area contributed by atoms with Gasteiger partial charge in [-0.05, 0) is 43.7 Å². The molecule has 1 aromatic rings. The highest BCUT2D eigenvalue weighted by atomic mass is 32.2. The molecule has 1 saturated carbocycles. The van der Waals surface area contributed by atoms with Gasteiger partial charge in [-0.3, -0.25) is 10.1 Å². The van der Waals surface area contributed by atoms with Crippen LogP contribution in [0.2, 0.25) is 0 Å². The first-order valence-corrected chi connectivity index (χ1v) is 8.01. The summed E-state index contributed by atoms with van der Waals surface area (Å²) in [7, 11) is 0. The molecule has 1 amide bonds. The van der Waals surface area contributed by atoms with Gasteiger partial charge in [-0.2, -0.15) is 0 Å². The highest BCUT2D eigenvalue weighted by molar-refractivity contribution is 7.98. The number of primary amides is 1. The van der Waals surface area contributed by atoms with Crippen molar-refractivity contribution in [3.05, 3.63) is 29.8 Å². The topological polar surface area (TPSA) is 55.1 Å². The molecule has 19 heavy (non-hydrogen) atoms. The normalized spacial score (nSPS) is 19.3. The second-order valence-corrected chi connectivity index (χ2v) is 6.22. The Morgan fingerprint density at radius 1 is 1.32 bits per heavy atom. The minimum absolute atomic E-state index is 0.309. The monoisotopic (exact) mass is 278 g/mol. The molecule has 0 aromatic heterocycles. The number of nitrogens with two attached hydrogens (primary N) is 1. The second-order valence-electron chi connectivity index (χ2n) is 5.34. The Balaban J connectivity index is 2.23. The van der Waals surface area contributed by atoms with Crippen LogP contribution in [0.15, 0.2) is 29.2 Å². The summed E-state index contributed by atoms with van der Waals surface area (Å²) < 4.78 is 0. The van der Waals surface area contributed by atoms with Gasteiger partial charge >= 0.3 is 0 Å².